The van der Waals surface area contributed by atoms with Crippen LogP contribution in [-0.4, -0.2) is 22.2 Å². The molecule has 1 unspecified atom stereocenters. The molecule has 6 heteroatoms. The molecule has 18 heavy (non-hydrogen) atoms. The fraction of sp³-hybridized carbons (Fsp3) is 0.167. The van der Waals surface area contributed by atoms with E-state index in [-0.39, 0.29) is 16.3 Å². The minimum atomic E-state index is -1.20. The normalized spacial score (nSPS) is 12.2. The maximum absolute atomic E-state index is 13.6. The van der Waals surface area contributed by atoms with Crippen molar-refractivity contribution in [2.45, 2.75) is 6.10 Å². The van der Waals surface area contributed by atoms with Gasteiger partial charge in [0.05, 0.1) is 12.8 Å². The Hall–Kier alpha value is -1.72. The second-order valence-electron chi connectivity index (χ2n) is 3.55. The molecule has 0 bridgehead atoms. The van der Waals surface area contributed by atoms with Crippen LogP contribution in [0.15, 0.2) is 30.6 Å². The highest BCUT2D eigenvalue weighted by molar-refractivity contribution is 6.30. The number of hydrogen-bond donors (Lipinski definition) is 1. The number of methoxy groups -OCH3 is 1. The van der Waals surface area contributed by atoms with Crippen LogP contribution in [0.2, 0.25) is 5.02 Å². The largest absolute Gasteiger partial charge is 0.481 e. The van der Waals surface area contributed by atoms with E-state index in [1.165, 1.54) is 31.6 Å². The lowest BCUT2D eigenvalue weighted by Gasteiger charge is -2.12. The van der Waals surface area contributed by atoms with Crippen molar-refractivity contribution in [2.75, 3.05) is 7.11 Å². The van der Waals surface area contributed by atoms with Gasteiger partial charge in [-0.05, 0) is 12.1 Å². The first-order valence-electron chi connectivity index (χ1n) is 5.10. The minimum Gasteiger partial charge on any atom is -0.481 e. The molecule has 1 aromatic heterocycles. The summed E-state index contributed by atoms with van der Waals surface area (Å²) in [4.78, 5) is 7.70. The molecule has 0 saturated carbocycles. The maximum Gasteiger partial charge on any atom is 0.216 e. The van der Waals surface area contributed by atoms with Gasteiger partial charge in [0, 0.05) is 16.7 Å². The molecular formula is C12H10ClFN2O2. The summed E-state index contributed by atoms with van der Waals surface area (Å²) < 4.78 is 18.6. The second kappa shape index (κ2) is 5.29. The molecule has 1 atom stereocenters. The molecule has 0 spiro atoms. The molecule has 1 heterocycles. The predicted molar refractivity (Wildman–Crippen MR) is 64.1 cm³/mol. The van der Waals surface area contributed by atoms with E-state index < -0.39 is 11.9 Å². The third-order valence-electron chi connectivity index (χ3n) is 2.41. The number of halogens is 2. The topological polar surface area (TPSA) is 55.2 Å². The first kappa shape index (κ1) is 12.7. The van der Waals surface area contributed by atoms with E-state index in [1.807, 2.05) is 0 Å². The molecule has 2 rings (SSSR count). The molecule has 0 aliphatic heterocycles. The van der Waals surface area contributed by atoms with E-state index in [0.29, 0.717) is 5.88 Å². The molecule has 1 N–H and O–H groups in total. The van der Waals surface area contributed by atoms with Crippen LogP contribution in [0, 0.1) is 5.82 Å². The lowest BCUT2D eigenvalue weighted by Crippen LogP contribution is -2.05. The third kappa shape index (κ3) is 2.57. The number of nitrogens with zero attached hydrogens (tertiary/aromatic N) is 2. The molecule has 0 aliphatic carbocycles. The lowest BCUT2D eigenvalue weighted by atomic mass is 10.1. The van der Waals surface area contributed by atoms with Crippen molar-refractivity contribution in [3.63, 3.8) is 0 Å². The van der Waals surface area contributed by atoms with Gasteiger partial charge in [0.1, 0.15) is 18.2 Å². The van der Waals surface area contributed by atoms with Crippen molar-refractivity contribution in [3.05, 3.63) is 52.7 Å². The number of ether oxygens (including phenoxy) is 1. The zero-order valence-corrected chi connectivity index (χ0v) is 10.2. The molecule has 1 aromatic carbocycles. The Bertz CT molecular complexity index is 566. The van der Waals surface area contributed by atoms with Crippen LogP contribution >= 0.6 is 11.6 Å². The molecular weight excluding hydrogens is 259 g/mol. The molecule has 2 aromatic rings. The SMILES string of the molecule is COc1cc(C(O)c2ccc(Cl)cc2F)ncn1. The highest BCUT2D eigenvalue weighted by Crippen LogP contribution is 2.26. The number of hydrogen-bond acceptors (Lipinski definition) is 4. The van der Waals surface area contributed by atoms with Gasteiger partial charge in [0.25, 0.3) is 0 Å². The van der Waals surface area contributed by atoms with Gasteiger partial charge in [-0.3, -0.25) is 0 Å². The summed E-state index contributed by atoms with van der Waals surface area (Å²) in [7, 11) is 1.45. The summed E-state index contributed by atoms with van der Waals surface area (Å²) in [5, 5.41) is 10.3. The predicted octanol–water partition coefficient (Wildman–Crippen LogP) is 2.36. The van der Waals surface area contributed by atoms with Crippen LogP contribution < -0.4 is 4.74 Å². The maximum atomic E-state index is 13.6. The fourth-order valence-electron chi connectivity index (χ4n) is 1.50. The van der Waals surface area contributed by atoms with Gasteiger partial charge >= 0.3 is 0 Å². The number of aromatic nitrogens is 2. The standard InChI is InChI=1S/C12H10ClFN2O2/c1-18-11-5-10(15-6-16-11)12(17)8-3-2-7(13)4-9(8)14/h2-6,12,17H,1H3. The van der Waals surface area contributed by atoms with Gasteiger partial charge in [-0.2, -0.15) is 0 Å². The van der Waals surface area contributed by atoms with E-state index in [9.17, 15) is 9.50 Å². The highest BCUT2D eigenvalue weighted by atomic mass is 35.5. The molecule has 0 amide bonds. The van der Waals surface area contributed by atoms with E-state index in [0.717, 1.165) is 6.07 Å². The molecule has 4 nitrogen and oxygen atoms in total. The van der Waals surface area contributed by atoms with E-state index in [4.69, 9.17) is 16.3 Å². The Morgan fingerprint density at radius 2 is 2.11 bits per heavy atom. The number of aliphatic hydroxyl groups excluding tert-OH is 1. The summed E-state index contributed by atoms with van der Waals surface area (Å²) in [6.07, 6.45) is 0.0461. The van der Waals surface area contributed by atoms with E-state index >= 15 is 0 Å². The van der Waals surface area contributed by atoms with Crippen molar-refractivity contribution in [1.29, 1.82) is 0 Å². The highest BCUT2D eigenvalue weighted by Gasteiger charge is 2.17. The van der Waals surface area contributed by atoms with Crippen molar-refractivity contribution >= 4 is 11.6 Å². The fourth-order valence-corrected chi connectivity index (χ4v) is 1.66. The number of benzene rings is 1. The Kier molecular flexibility index (Phi) is 3.74. The summed E-state index contributed by atoms with van der Waals surface area (Å²) in [5.74, 6) is -0.291. The van der Waals surface area contributed by atoms with Gasteiger partial charge in [-0.25, -0.2) is 14.4 Å². The first-order valence-corrected chi connectivity index (χ1v) is 5.48. The average Bonchev–Trinajstić information content (AvgIpc) is 2.38. The number of aliphatic hydroxyl groups is 1. The van der Waals surface area contributed by atoms with Crippen molar-refractivity contribution in [2.24, 2.45) is 0 Å². The average molecular weight is 269 g/mol. The van der Waals surface area contributed by atoms with Crippen molar-refractivity contribution in [1.82, 2.24) is 9.97 Å². The van der Waals surface area contributed by atoms with Gasteiger partial charge < -0.3 is 9.84 Å². The van der Waals surface area contributed by atoms with Gasteiger partial charge in [0.15, 0.2) is 0 Å². The Morgan fingerprint density at radius 3 is 2.78 bits per heavy atom. The van der Waals surface area contributed by atoms with Crippen LogP contribution in [-0.2, 0) is 0 Å². The number of rotatable bonds is 3. The second-order valence-corrected chi connectivity index (χ2v) is 3.99. The summed E-state index contributed by atoms with van der Waals surface area (Å²) >= 11 is 5.65. The van der Waals surface area contributed by atoms with E-state index in [2.05, 4.69) is 9.97 Å². The monoisotopic (exact) mass is 268 g/mol. The third-order valence-corrected chi connectivity index (χ3v) is 2.64. The summed E-state index contributed by atoms with van der Waals surface area (Å²) in [6.45, 7) is 0. The van der Waals surface area contributed by atoms with Gasteiger partial charge in [-0.15, -0.1) is 0 Å². The molecule has 0 fully saturated rings. The molecule has 0 saturated heterocycles. The Balaban J connectivity index is 2.37. The lowest BCUT2D eigenvalue weighted by molar-refractivity contribution is 0.209. The van der Waals surface area contributed by atoms with Crippen LogP contribution in [0.3, 0.4) is 0 Å². The van der Waals surface area contributed by atoms with Crippen LogP contribution in [0.5, 0.6) is 5.88 Å². The van der Waals surface area contributed by atoms with Crippen LogP contribution in [0.1, 0.15) is 17.4 Å². The quantitative estimate of drug-likeness (QED) is 0.928. The molecule has 0 radical (unpaired) electrons. The van der Waals surface area contributed by atoms with Crippen LogP contribution in [0.4, 0.5) is 4.39 Å². The first-order chi connectivity index (χ1) is 8.61. The summed E-state index contributed by atoms with van der Waals surface area (Å²) in [6, 6.07) is 5.50. The molecule has 94 valence electrons. The Morgan fingerprint density at radius 1 is 1.33 bits per heavy atom. The van der Waals surface area contributed by atoms with Gasteiger partial charge in [0.2, 0.25) is 5.88 Å². The van der Waals surface area contributed by atoms with Crippen molar-refractivity contribution < 1.29 is 14.2 Å². The minimum absolute atomic E-state index is 0.0974. The van der Waals surface area contributed by atoms with E-state index in [1.54, 1.807) is 0 Å². The summed E-state index contributed by atoms with van der Waals surface area (Å²) in [5.41, 5.74) is 0.350. The Labute approximate surface area is 108 Å². The molecule has 0 aliphatic rings. The zero-order chi connectivity index (χ0) is 13.1. The van der Waals surface area contributed by atoms with Gasteiger partial charge in [-0.1, -0.05) is 17.7 Å². The van der Waals surface area contributed by atoms with Crippen LogP contribution in [0.25, 0.3) is 0 Å². The van der Waals surface area contributed by atoms with Crippen molar-refractivity contribution in [3.8, 4) is 5.88 Å². The smallest absolute Gasteiger partial charge is 0.216 e. The zero-order valence-electron chi connectivity index (χ0n) is 9.47.